The number of methoxy groups -OCH3 is 1. The summed E-state index contributed by atoms with van der Waals surface area (Å²) in [5, 5.41) is 4.49. The average molecular weight is 308 g/mol. The summed E-state index contributed by atoms with van der Waals surface area (Å²) in [5.74, 6) is 1.65. The number of aromatic nitrogens is 1. The summed E-state index contributed by atoms with van der Waals surface area (Å²) in [6.07, 6.45) is 0. The molecular formula is C19H20N2O2. The summed E-state index contributed by atoms with van der Waals surface area (Å²) in [6.45, 7) is 4.63. The SMILES string of the molecule is CCOc1ccc(Nc2cc(C)nc3c(OC)cccc23)cc1. The molecular weight excluding hydrogens is 288 g/mol. The number of aryl methyl sites for hydroxylation is 1. The predicted octanol–water partition coefficient (Wildman–Crippen LogP) is 4.69. The zero-order valence-corrected chi connectivity index (χ0v) is 13.6. The van der Waals surface area contributed by atoms with E-state index in [1.807, 2.05) is 62.4 Å². The van der Waals surface area contributed by atoms with Crippen molar-refractivity contribution in [2.45, 2.75) is 13.8 Å². The van der Waals surface area contributed by atoms with Gasteiger partial charge < -0.3 is 14.8 Å². The van der Waals surface area contributed by atoms with Crippen molar-refractivity contribution in [3.63, 3.8) is 0 Å². The summed E-state index contributed by atoms with van der Waals surface area (Å²) in [5.41, 5.74) is 3.82. The van der Waals surface area contributed by atoms with Gasteiger partial charge >= 0.3 is 0 Å². The molecule has 2 aromatic carbocycles. The van der Waals surface area contributed by atoms with Gasteiger partial charge in [-0.25, -0.2) is 4.98 Å². The van der Waals surface area contributed by atoms with Crippen LogP contribution in [0.1, 0.15) is 12.6 Å². The van der Waals surface area contributed by atoms with E-state index in [2.05, 4.69) is 10.3 Å². The van der Waals surface area contributed by atoms with Crippen LogP contribution in [0.5, 0.6) is 11.5 Å². The third kappa shape index (κ3) is 3.21. The molecule has 0 aliphatic rings. The lowest BCUT2D eigenvalue weighted by atomic mass is 10.1. The first-order valence-electron chi connectivity index (χ1n) is 7.65. The molecule has 0 fully saturated rings. The molecule has 1 aromatic heterocycles. The van der Waals surface area contributed by atoms with Gasteiger partial charge in [0, 0.05) is 22.5 Å². The fourth-order valence-electron chi connectivity index (χ4n) is 2.58. The summed E-state index contributed by atoms with van der Waals surface area (Å²) in [7, 11) is 1.67. The molecule has 0 aliphatic heterocycles. The Morgan fingerprint density at radius 2 is 1.87 bits per heavy atom. The summed E-state index contributed by atoms with van der Waals surface area (Å²) in [6, 6.07) is 15.9. The normalized spacial score (nSPS) is 10.6. The maximum Gasteiger partial charge on any atom is 0.145 e. The average Bonchev–Trinajstić information content (AvgIpc) is 2.56. The number of rotatable bonds is 5. The van der Waals surface area contributed by atoms with E-state index in [1.165, 1.54) is 0 Å². The van der Waals surface area contributed by atoms with Crippen molar-refractivity contribution in [3.05, 3.63) is 54.2 Å². The van der Waals surface area contributed by atoms with E-state index in [0.717, 1.165) is 39.5 Å². The molecule has 0 amide bonds. The van der Waals surface area contributed by atoms with Crippen LogP contribution in [-0.2, 0) is 0 Å². The smallest absolute Gasteiger partial charge is 0.145 e. The molecule has 118 valence electrons. The zero-order valence-electron chi connectivity index (χ0n) is 13.6. The third-order valence-corrected chi connectivity index (χ3v) is 3.59. The lowest BCUT2D eigenvalue weighted by Crippen LogP contribution is -1.97. The highest BCUT2D eigenvalue weighted by Gasteiger charge is 2.08. The predicted molar refractivity (Wildman–Crippen MR) is 93.9 cm³/mol. The van der Waals surface area contributed by atoms with Crippen molar-refractivity contribution in [1.29, 1.82) is 0 Å². The Morgan fingerprint density at radius 3 is 2.57 bits per heavy atom. The fraction of sp³-hybridized carbons (Fsp3) is 0.211. The lowest BCUT2D eigenvalue weighted by molar-refractivity contribution is 0.340. The van der Waals surface area contributed by atoms with Crippen LogP contribution in [0.2, 0.25) is 0 Å². The Morgan fingerprint density at radius 1 is 1.09 bits per heavy atom. The second kappa shape index (κ2) is 6.57. The van der Waals surface area contributed by atoms with Gasteiger partial charge in [-0.05, 0) is 50.2 Å². The standard InChI is InChI=1S/C19H20N2O2/c1-4-23-15-10-8-14(9-11-15)21-17-12-13(2)20-19-16(17)6-5-7-18(19)22-3/h5-12H,4H2,1-3H3,(H,20,21). The first-order valence-corrected chi connectivity index (χ1v) is 7.65. The maximum atomic E-state index is 5.48. The van der Waals surface area contributed by atoms with Crippen LogP contribution in [0.4, 0.5) is 11.4 Å². The van der Waals surface area contributed by atoms with Gasteiger partial charge in [-0.3, -0.25) is 0 Å². The molecule has 0 saturated carbocycles. The number of anilines is 2. The number of fused-ring (bicyclic) bond motifs is 1. The molecule has 4 heteroatoms. The number of benzene rings is 2. The topological polar surface area (TPSA) is 43.4 Å². The van der Waals surface area contributed by atoms with E-state index < -0.39 is 0 Å². The summed E-state index contributed by atoms with van der Waals surface area (Å²) >= 11 is 0. The van der Waals surface area contributed by atoms with E-state index in [0.29, 0.717) is 6.61 Å². The second-order valence-electron chi connectivity index (χ2n) is 5.25. The number of para-hydroxylation sites is 1. The van der Waals surface area contributed by atoms with Crippen molar-refractivity contribution in [1.82, 2.24) is 4.98 Å². The maximum absolute atomic E-state index is 5.48. The minimum absolute atomic E-state index is 0.667. The molecule has 1 N–H and O–H groups in total. The van der Waals surface area contributed by atoms with E-state index in [-0.39, 0.29) is 0 Å². The number of ether oxygens (including phenoxy) is 2. The highest BCUT2D eigenvalue weighted by Crippen LogP contribution is 2.32. The van der Waals surface area contributed by atoms with E-state index in [4.69, 9.17) is 9.47 Å². The second-order valence-corrected chi connectivity index (χ2v) is 5.25. The number of hydrogen-bond donors (Lipinski definition) is 1. The first kappa shape index (κ1) is 15.2. The molecule has 0 spiro atoms. The molecule has 4 nitrogen and oxygen atoms in total. The van der Waals surface area contributed by atoms with E-state index >= 15 is 0 Å². The Hall–Kier alpha value is -2.75. The van der Waals surface area contributed by atoms with Crippen LogP contribution in [0.25, 0.3) is 10.9 Å². The van der Waals surface area contributed by atoms with Crippen molar-refractivity contribution >= 4 is 22.3 Å². The van der Waals surface area contributed by atoms with Crippen molar-refractivity contribution in [3.8, 4) is 11.5 Å². The number of hydrogen-bond acceptors (Lipinski definition) is 4. The monoisotopic (exact) mass is 308 g/mol. The largest absolute Gasteiger partial charge is 0.494 e. The van der Waals surface area contributed by atoms with Crippen LogP contribution >= 0.6 is 0 Å². The number of pyridine rings is 1. The van der Waals surface area contributed by atoms with Crippen LogP contribution in [-0.4, -0.2) is 18.7 Å². The van der Waals surface area contributed by atoms with Crippen LogP contribution < -0.4 is 14.8 Å². The van der Waals surface area contributed by atoms with Crippen molar-refractivity contribution in [2.24, 2.45) is 0 Å². The van der Waals surface area contributed by atoms with Crippen molar-refractivity contribution < 1.29 is 9.47 Å². The van der Waals surface area contributed by atoms with Gasteiger partial charge in [0.25, 0.3) is 0 Å². The van der Waals surface area contributed by atoms with Crippen LogP contribution in [0.3, 0.4) is 0 Å². The van der Waals surface area contributed by atoms with Gasteiger partial charge in [0.1, 0.15) is 17.0 Å². The summed E-state index contributed by atoms with van der Waals surface area (Å²) in [4.78, 5) is 4.60. The van der Waals surface area contributed by atoms with Gasteiger partial charge in [-0.2, -0.15) is 0 Å². The van der Waals surface area contributed by atoms with E-state index in [9.17, 15) is 0 Å². The Labute approximate surface area is 136 Å². The van der Waals surface area contributed by atoms with Gasteiger partial charge in [0.05, 0.1) is 13.7 Å². The molecule has 1 heterocycles. The van der Waals surface area contributed by atoms with E-state index in [1.54, 1.807) is 7.11 Å². The highest BCUT2D eigenvalue weighted by molar-refractivity contribution is 5.96. The Balaban J connectivity index is 1.99. The first-order chi connectivity index (χ1) is 11.2. The molecule has 0 atom stereocenters. The van der Waals surface area contributed by atoms with Crippen molar-refractivity contribution in [2.75, 3.05) is 19.0 Å². The Kier molecular flexibility index (Phi) is 4.33. The van der Waals surface area contributed by atoms with Crippen LogP contribution in [0.15, 0.2) is 48.5 Å². The molecule has 0 bridgehead atoms. The van der Waals surface area contributed by atoms with Gasteiger partial charge in [-0.1, -0.05) is 12.1 Å². The van der Waals surface area contributed by atoms with Gasteiger partial charge in [0.15, 0.2) is 0 Å². The van der Waals surface area contributed by atoms with Crippen LogP contribution in [0, 0.1) is 6.92 Å². The van der Waals surface area contributed by atoms with Gasteiger partial charge in [-0.15, -0.1) is 0 Å². The highest BCUT2D eigenvalue weighted by atomic mass is 16.5. The zero-order chi connectivity index (χ0) is 16.2. The molecule has 0 radical (unpaired) electrons. The molecule has 0 aliphatic carbocycles. The lowest BCUT2D eigenvalue weighted by Gasteiger charge is -2.13. The number of nitrogens with zero attached hydrogens (tertiary/aromatic N) is 1. The molecule has 3 aromatic rings. The molecule has 0 unspecified atom stereocenters. The molecule has 0 saturated heterocycles. The third-order valence-electron chi connectivity index (χ3n) is 3.59. The fourth-order valence-corrected chi connectivity index (χ4v) is 2.58. The summed E-state index contributed by atoms with van der Waals surface area (Å²) < 4.78 is 10.9. The minimum atomic E-state index is 0.667. The number of nitrogens with one attached hydrogen (secondary N) is 1. The minimum Gasteiger partial charge on any atom is -0.494 e. The molecule has 23 heavy (non-hydrogen) atoms. The molecule has 3 rings (SSSR count). The Bertz CT molecular complexity index is 813. The quantitative estimate of drug-likeness (QED) is 0.742. The van der Waals surface area contributed by atoms with Gasteiger partial charge in [0.2, 0.25) is 0 Å².